The molecule has 2 aliphatic rings. The van der Waals surface area contributed by atoms with Crippen LogP contribution in [0.3, 0.4) is 0 Å². The van der Waals surface area contributed by atoms with E-state index in [1.54, 1.807) is 12.3 Å². The SMILES string of the molecule is O=C(CC(F)(F)F)NC[C@H]1CN(c2ccc3c(c2)CCCc2oncc2-3)C(=O)O1. The molecule has 1 saturated heterocycles. The van der Waals surface area contributed by atoms with Crippen LogP contribution in [0.25, 0.3) is 11.1 Å². The Morgan fingerprint density at radius 3 is 2.90 bits per heavy atom. The van der Waals surface area contributed by atoms with E-state index in [9.17, 15) is 22.8 Å². The Kier molecular flexibility index (Phi) is 4.93. The van der Waals surface area contributed by atoms with Crippen molar-refractivity contribution in [2.75, 3.05) is 18.0 Å². The molecular weight excluding hydrogens is 391 g/mol. The summed E-state index contributed by atoms with van der Waals surface area (Å²) in [5, 5.41) is 6.02. The molecule has 1 aliphatic carbocycles. The zero-order valence-corrected chi connectivity index (χ0v) is 15.3. The number of carbonyl (C=O) groups excluding carboxylic acids is 2. The van der Waals surface area contributed by atoms with E-state index in [1.165, 1.54) is 4.90 Å². The van der Waals surface area contributed by atoms with E-state index in [0.29, 0.717) is 5.69 Å². The van der Waals surface area contributed by atoms with Gasteiger partial charge in [-0.2, -0.15) is 13.2 Å². The maximum absolute atomic E-state index is 12.2. The fourth-order valence-corrected chi connectivity index (χ4v) is 3.63. The molecule has 1 atom stereocenters. The topological polar surface area (TPSA) is 84.7 Å². The van der Waals surface area contributed by atoms with E-state index in [0.717, 1.165) is 41.7 Å². The van der Waals surface area contributed by atoms with Gasteiger partial charge in [0.2, 0.25) is 5.91 Å². The number of benzene rings is 1. The second-order valence-electron chi connectivity index (χ2n) is 7.07. The Hall–Kier alpha value is -3.04. The Labute approximate surface area is 163 Å². The molecule has 0 unspecified atom stereocenters. The zero-order chi connectivity index (χ0) is 20.6. The van der Waals surface area contributed by atoms with E-state index in [-0.39, 0.29) is 13.1 Å². The first-order valence-corrected chi connectivity index (χ1v) is 9.18. The van der Waals surface area contributed by atoms with Crippen LogP contribution < -0.4 is 10.2 Å². The molecule has 2 heterocycles. The monoisotopic (exact) mass is 409 g/mol. The van der Waals surface area contributed by atoms with Crippen LogP contribution in [0.2, 0.25) is 0 Å². The van der Waals surface area contributed by atoms with Crippen molar-refractivity contribution in [3.05, 3.63) is 35.7 Å². The average Bonchev–Trinajstić information content (AvgIpc) is 3.21. The van der Waals surface area contributed by atoms with Gasteiger partial charge in [0.05, 0.1) is 19.3 Å². The Morgan fingerprint density at radius 1 is 1.28 bits per heavy atom. The van der Waals surface area contributed by atoms with Gasteiger partial charge in [-0.1, -0.05) is 11.2 Å². The Bertz CT molecular complexity index is 941. The largest absolute Gasteiger partial charge is 0.442 e. The van der Waals surface area contributed by atoms with Crippen molar-refractivity contribution in [1.29, 1.82) is 0 Å². The summed E-state index contributed by atoms with van der Waals surface area (Å²) in [6.07, 6.45) is -3.29. The highest BCUT2D eigenvalue weighted by atomic mass is 19.4. The number of rotatable bonds is 4. The molecular formula is C19H18F3N3O4. The molecule has 1 aromatic carbocycles. The third-order valence-electron chi connectivity index (χ3n) is 4.95. The second-order valence-corrected chi connectivity index (χ2v) is 7.07. The molecule has 0 bridgehead atoms. The molecule has 2 amide bonds. The number of cyclic esters (lactones) is 1. The fourth-order valence-electron chi connectivity index (χ4n) is 3.63. The normalized spacial score (nSPS) is 18.7. The maximum Gasteiger partial charge on any atom is 0.414 e. The van der Waals surface area contributed by atoms with Crippen molar-refractivity contribution in [3.63, 3.8) is 0 Å². The van der Waals surface area contributed by atoms with Gasteiger partial charge < -0.3 is 14.6 Å². The number of amides is 2. The molecule has 2 aromatic rings. The molecule has 1 N–H and O–H groups in total. The molecule has 7 nitrogen and oxygen atoms in total. The van der Waals surface area contributed by atoms with Gasteiger partial charge in [0.1, 0.15) is 18.3 Å². The fraction of sp³-hybridized carbons (Fsp3) is 0.421. The lowest BCUT2D eigenvalue weighted by molar-refractivity contribution is -0.154. The van der Waals surface area contributed by atoms with Crippen LogP contribution in [0, 0.1) is 0 Å². The predicted octanol–water partition coefficient (Wildman–Crippen LogP) is 3.22. The summed E-state index contributed by atoms with van der Waals surface area (Å²) in [7, 11) is 0. The van der Waals surface area contributed by atoms with Gasteiger partial charge >= 0.3 is 12.3 Å². The number of nitrogens with zero attached hydrogens (tertiary/aromatic N) is 2. The molecule has 0 saturated carbocycles. The number of hydrogen-bond acceptors (Lipinski definition) is 5. The van der Waals surface area contributed by atoms with Crippen LogP contribution in [0.15, 0.2) is 28.9 Å². The molecule has 4 rings (SSSR count). The third kappa shape index (κ3) is 4.20. The van der Waals surface area contributed by atoms with E-state index in [2.05, 4.69) is 10.5 Å². The predicted molar refractivity (Wildman–Crippen MR) is 95.3 cm³/mol. The number of hydrogen-bond donors (Lipinski definition) is 1. The minimum atomic E-state index is -4.57. The first kappa shape index (κ1) is 19.3. The Balaban J connectivity index is 1.44. The highest BCUT2D eigenvalue weighted by Crippen LogP contribution is 2.35. The number of ether oxygens (including phenoxy) is 1. The lowest BCUT2D eigenvalue weighted by atomic mass is 9.99. The van der Waals surface area contributed by atoms with Crippen molar-refractivity contribution >= 4 is 17.7 Å². The van der Waals surface area contributed by atoms with Gasteiger partial charge in [-0.05, 0) is 36.1 Å². The minimum absolute atomic E-state index is 0.141. The highest BCUT2D eigenvalue weighted by Gasteiger charge is 2.35. The molecule has 154 valence electrons. The standard InChI is InChI=1S/C19H18F3N3O4/c20-19(21,22)7-17(26)23-8-13-10-25(18(27)28-13)12-4-5-14-11(6-12)2-1-3-16-15(14)9-24-29-16/h4-6,9,13H,1-3,7-8,10H2,(H,23,26)/t13-/m0/s1. The highest BCUT2D eigenvalue weighted by molar-refractivity contribution is 5.90. The average molecular weight is 409 g/mol. The number of aromatic nitrogens is 1. The number of alkyl halides is 3. The summed E-state index contributed by atoms with van der Waals surface area (Å²) in [6, 6.07) is 5.59. The van der Waals surface area contributed by atoms with E-state index >= 15 is 0 Å². The van der Waals surface area contributed by atoms with Crippen molar-refractivity contribution < 1.29 is 32.0 Å². The van der Waals surface area contributed by atoms with Gasteiger partial charge in [-0.15, -0.1) is 0 Å². The lowest BCUT2D eigenvalue weighted by Crippen LogP contribution is -2.36. The van der Waals surface area contributed by atoms with E-state index in [4.69, 9.17) is 9.26 Å². The Morgan fingerprint density at radius 2 is 2.10 bits per heavy atom. The van der Waals surface area contributed by atoms with Gasteiger partial charge in [0, 0.05) is 17.7 Å². The number of aryl methyl sites for hydroxylation is 2. The molecule has 1 fully saturated rings. The van der Waals surface area contributed by atoms with Gasteiger partial charge in [-0.3, -0.25) is 9.69 Å². The first-order chi connectivity index (χ1) is 13.8. The number of fused-ring (bicyclic) bond motifs is 3. The molecule has 0 spiro atoms. The summed E-state index contributed by atoms with van der Waals surface area (Å²) in [6.45, 7) is -0.0332. The molecule has 1 aliphatic heterocycles. The molecule has 1 aromatic heterocycles. The second kappa shape index (κ2) is 7.41. The van der Waals surface area contributed by atoms with Crippen LogP contribution in [0.4, 0.5) is 23.7 Å². The van der Waals surface area contributed by atoms with Crippen LogP contribution >= 0.6 is 0 Å². The van der Waals surface area contributed by atoms with Crippen molar-refractivity contribution in [1.82, 2.24) is 10.5 Å². The molecule has 10 heteroatoms. The maximum atomic E-state index is 12.2. The van der Waals surface area contributed by atoms with Crippen molar-refractivity contribution in [2.24, 2.45) is 0 Å². The van der Waals surface area contributed by atoms with Crippen LogP contribution in [-0.2, 0) is 22.4 Å². The van der Waals surface area contributed by atoms with Gasteiger partial charge in [0.15, 0.2) is 0 Å². The van der Waals surface area contributed by atoms with E-state index in [1.807, 2.05) is 12.1 Å². The number of carbonyl (C=O) groups is 2. The minimum Gasteiger partial charge on any atom is -0.442 e. The summed E-state index contributed by atoms with van der Waals surface area (Å²) < 4.78 is 47.2. The molecule has 29 heavy (non-hydrogen) atoms. The summed E-state index contributed by atoms with van der Waals surface area (Å²) in [5.74, 6) is -0.312. The van der Waals surface area contributed by atoms with Gasteiger partial charge in [-0.25, -0.2) is 4.79 Å². The van der Waals surface area contributed by atoms with Crippen molar-refractivity contribution in [3.8, 4) is 11.1 Å². The van der Waals surface area contributed by atoms with Crippen molar-refractivity contribution in [2.45, 2.75) is 38.0 Å². The van der Waals surface area contributed by atoms with Crippen LogP contribution in [0.5, 0.6) is 0 Å². The number of anilines is 1. The summed E-state index contributed by atoms with van der Waals surface area (Å²) in [4.78, 5) is 25.0. The van der Waals surface area contributed by atoms with Crippen LogP contribution in [-0.4, -0.2) is 42.5 Å². The smallest absolute Gasteiger partial charge is 0.414 e. The van der Waals surface area contributed by atoms with Crippen LogP contribution in [0.1, 0.15) is 24.2 Å². The quantitative estimate of drug-likeness (QED) is 0.838. The number of nitrogens with one attached hydrogen (secondary N) is 1. The van der Waals surface area contributed by atoms with Gasteiger partial charge in [0.25, 0.3) is 0 Å². The molecule has 0 radical (unpaired) electrons. The lowest BCUT2D eigenvalue weighted by Gasteiger charge is -2.16. The van der Waals surface area contributed by atoms with E-state index < -0.39 is 30.7 Å². The zero-order valence-electron chi connectivity index (χ0n) is 15.3. The summed E-state index contributed by atoms with van der Waals surface area (Å²) >= 11 is 0. The third-order valence-corrected chi connectivity index (χ3v) is 4.95. The number of halogens is 3. The summed E-state index contributed by atoms with van der Waals surface area (Å²) in [5.41, 5.74) is 3.64. The first-order valence-electron chi connectivity index (χ1n) is 9.18.